The molecule has 0 saturated carbocycles. The lowest BCUT2D eigenvalue weighted by Crippen LogP contribution is -2.02. The van der Waals surface area contributed by atoms with E-state index < -0.39 is 6.16 Å². The van der Waals surface area contributed by atoms with Gasteiger partial charge in [0, 0.05) is 21.7 Å². The normalized spacial score (nSPS) is 11.3. The van der Waals surface area contributed by atoms with Gasteiger partial charge in [-0.3, -0.25) is 4.57 Å². The fraction of sp³-hybridized carbons (Fsp3) is 0.100. The Balaban J connectivity index is 1.56. The first kappa shape index (κ1) is 25.8. The van der Waals surface area contributed by atoms with Crippen LogP contribution in [0.25, 0.3) is 27.7 Å². The standard InChI is InChI=1S/C30H24ClN3O5/c1-2-5-18-10-13-21(14-11-18)34-26-15-12-20(31)17-24(26)27(29(34)36)33-32-25-9-4-8-23(28(25)35)19-6-3-7-22(16-19)39-30(37)38/h3-4,6-17,35-36H,2,5H2,1H3,(H,37,38). The van der Waals surface area contributed by atoms with Crippen LogP contribution in [0.3, 0.4) is 0 Å². The maximum absolute atomic E-state index is 11.3. The number of rotatable bonds is 7. The molecule has 0 aliphatic heterocycles. The number of para-hydroxylation sites is 1. The molecule has 9 heteroatoms. The van der Waals surface area contributed by atoms with E-state index >= 15 is 0 Å². The minimum atomic E-state index is -1.44. The Labute approximate surface area is 229 Å². The number of aromatic hydroxyl groups is 2. The van der Waals surface area contributed by atoms with Crippen molar-refractivity contribution in [2.24, 2.45) is 10.2 Å². The third-order valence-corrected chi connectivity index (χ3v) is 6.47. The summed E-state index contributed by atoms with van der Waals surface area (Å²) in [7, 11) is 0. The molecule has 0 unspecified atom stereocenters. The molecule has 0 aliphatic rings. The zero-order valence-corrected chi connectivity index (χ0v) is 21.6. The Morgan fingerprint density at radius 3 is 2.46 bits per heavy atom. The average molecular weight is 542 g/mol. The number of phenolic OH excluding ortho intramolecular Hbond substituents is 1. The number of aryl methyl sites for hydroxylation is 1. The smallest absolute Gasteiger partial charge is 0.505 e. The highest BCUT2D eigenvalue weighted by molar-refractivity contribution is 6.31. The molecule has 1 aromatic heterocycles. The van der Waals surface area contributed by atoms with Crippen LogP contribution in [-0.2, 0) is 6.42 Å². The molecule has 0 fully saturated rings. The first-order valence-electron chi connectivity index (χ1n) is 12.2. The zero-order valence-electron chi connectivity index (χ0n) is 20.9. The molecule has 4 aromatic carbocycles. The highest BCUT2D eigenvalue weighted by Crippen LogP contribution is 2.44. The molecule has 0 spiro atoms. The average Bonchev–Trinajstić information content (AvgIpc) is 3.18. The molecule has 0 atom stereocenters. The second-order valence-electron chi connectivity index (χ2n) is 8.85. The van der Waals surface area contributed by atoms with Crippen LogP contribution in [0.5, 0.6) is 17.4 Å². The maximum atomic E-state index is 11.3. The third-order valence-electron chi connectivity index (χ3n) is 6.23. The molecule has 196 valence electrons. The van der Waals surface area contributed by atoms with Crippen LogP contribution in [0.1, 0.15) is 18.9 Å². The number of ether oxygens (including phenoxy) is 1. The predicted octanol–water partition coefficient (Wildman–Crippen LogP) is 8.79. The van der Waals surface area contributed by atoms with Crippen molar-refractivity contribution in [2.45, 2.75) is 19.8 Å². The van der Waals surface area contributed by atoms with Crippen LogP contribution >= 0.6 is 11.6 Å². The molecule has 3 N–H and O–H groups in total. The van der Waals surface area contributed by atoms with E-state index in [9.17, 15) is 15.0 Å². The van der Waals surface area contributed by atoms with Gasteiger partial charge >= 0.3 is 6.16 Å². The maximum Gasteiger partial charge on any atom is 0.511 e. The van der Waals surface area contributed by atoms with Gasteiger partial charge in [-0.15, -0.1) is 10.2 Å². The highest BCUT2D eigenvalue weighted by atomic mass is 35.5. The Morgan fingerprint density at radius 1 is 0.949 bits per heavy atom. The largest absolute Gasteiger partial charge is 0.511 e. The van der Waals surface area contributed by atoms with Crippen molar-refractivity contribution in [3.05, 3.63) is 95.5 Å². The second kappa shape index (κ2) is 10.9. The van der Waals surface area contributed by atoms with Gasteiger partial charge in [-0.2, -0.15) is 0 Å². The summed E-state index contributed by atoms with van der Waals surface area (Å²) in [5.74, 6) is -0.168. The van der Waals surface area contributed by atoms with E-state index in [2.05, 4.69) is 17.2 Å². The summed E-state index contributed by atoms with van der Waals surface area (Å²) in [4.78, 5) is 10.9. The number of azo groups is 1. The van der Waals surface area contributed by atoms with Gasteiger partial charge in [-0.05, 0) is 66.1 Å². The molecule has 8 nitrogen and oxygen atoms in total. The third kappa shape index (κ3) is 5.28. The number of benzene rings is 4. The monoisotopic (exact) mass is 541 g/mol. The van der Waals surface area contributed by atoms with Crippen LogP contribution < -0.4 is 4.74 Å². The van der Waals surface area contributed by atoms with Gasteiger partial charge in [0.15, 0.2) is 11.4 Å². The summed E-state index contributed by atoms with van der Waals surface area (Å²) < 4.78 is 6.41. The van der Waals surface area contributed by atoms with Crippen molar-refractivity contribution in [1.82, 2.24) is 4.57 Å². The highest BCUT2D eigenvalue weighted by Gasteiger charge is 2.19. The summed E-state index contributed by atoms with van der Waals surface area (Å²) in [6.07, 6.45) is 0.568. The quantitative estimate of drug-likeness (QED) is 0.108. The van der Waals surface area contributed by atoms with Crippen molar-refractivity contribution in [3.63, 3.8) is 0 Å². The number of carbonyl (C=O) groups is 1. The summed E-state index contributed by atoms with van der Waals surface area (Å²) in [5, 5.41) is 40.8. The molecule has 1 heterocycles. The SMILES string of the molecule is CCCc1ccc(-n2c(O)c(N=Nc3cccc(-c4cccc(OC(=O)O)c4)c3O)c3cc(Cl)ccc32)cc1. The van der Waals surface area contributed by atoms with Gasteiger partial charge < -0.3 is 20.1 Å². The van der Waals surface area contributed by atoms with Crippen molar-refractivity contribution < 1.29 is 24.9 Å². The molecule has 0 bridgehead atoms. The van der Waals surface area contributed by atoms with Gasteiger partial charge in [0.25, 0.3) is 0 Å². The number of hydrogen-bond acceptors (Lipinski definition) is 6. The van der Waals surface area contributed by atoms with E-state index in [-0.39, 0.29) is 28.8 Å². The fourth-order valence-electron chi connectivity index (χ4n) is 4.47. The fourth-order valence-corrected chi connectivity index (χ4v) is 4.64. The van der Waals surface area contributed by atoms with E-state index in [1.54, 1.807) is 53.1 Å². The first-order chi connectivity index (χ1) is 18.9. The van der Waals surface area contributed by atoms with Crippen LogP contribution in [0, 0.1) is 0 Å². The first-order valence-corrected chi connectivity index (χ1v) is 12.6. The van der Waals surface area contributed by atoms with Crippen LogP contribution in [-0.4, -0.2) is 26.0 Å². The number of phenols is 1. The number of hydrogen-bond donors (Lipinski definition) is 3. The Bertz CT molecular complexity index is 1710. The van der Waals surface area contributed by atoms with Crippen LogP contribution in [0.15, 0.2) is 95.2 Å². The summed E-state index contributed by atoms with van der Waals surface area (Å²) in [5.41, 5.74) is 3.95. The lowest BCUT2D eigenvalue weighted by molar-refractivity contribution is 0.144. The number of nitrogens with zero attached hydrogens (tertiary/aromatic N) is 3. The van der Waals surface area contributed by atoms with Gasteiger partial charge in [0.2, 0.25) is 5.88 Å². The van der Waals surface area contributed by atoms with E-state index in [0.29, 0.717) is 27.1 Å². The molecular formula is C30H24ClN3O5. The summed E-state index contributed by atoms with van der Waals surface area (Å²) >= 11 is 6.28. The number of aromatic nitrogens is 1. The molecule has 0 amide bonds. The minimum absolute atomic E-state index is 0.115. The van der Waals surface area contributed by atoms with E-state index in [1.807, 2.05) is 24.3 Å². The van der Waals surface area contributed by atoms with Gasteiger partial charge in [0.05, 0.1) is 5.52 Å². The zero-order chi connectivity index (χ0) is 27.5. The topological polar surface area (TPSA) is 117 Å². The van der Waals surface area contributed by atoms with Gasteiger partial charge in [0.1, 0.15) is 11.4 Å². The number of fused-ring (bicyclic) bond motifs is 1. The minimum Gasteiger partial charge on any atom is -0.505 e. The van der Waals surface area contributed by atoms with Crippen molar-refractivity contribution in [1.29, 1.82) is 0 Å². The Kier molecular flexibility index (Phi) is 7.21. The molecule has 5 rings (SSSR count). The number of halogens is 1. The molecule has 39 heavy (non-hydrogen) atoms. The second-order valence-corrected chi connectivity index (χ2v) is 9.29. The van der Waals surface area contributed by atoms with E-state index in [0.717, 1.165) is 18.5 Å². The van der Waals surface area contributed by atoms with E-state index in [4.69, 9.17) is 21.4 Å². The molecular weight excluding hydrogens is 518 g/mol. The summed E-state index contributed by atoms with van der Waals surface area (Å²) in [6, 6.07) is 24.4. The van der Waals surface area contributed by atoms with Gasteiger partial charge in [-0.25, -0.2) is 4.79 Å². The molecule has 0 radical (unpaired) electrons. The molecule has 5 aromatic rings. The lowest BCUT2D eigenvalue weighted by Gasteiger charge is -2.08. The molecule has 0 aliphatic carbocycles. The molecule has 0 saturated heterocycles. The summed E-state index contributed by atoms with van der Waals surface area (Å²) in [6.45, 7) is 2.12. The lowest BCUT2D eigenvalue weighted by atomic mass is 10.0. The van der Waals surface area contributed by atoms with Gasteiger partial charge in [-0.1, -0.05) is 61.3 Å². The van der Waals surface area contributed by atoms with Crippen LogP contribution in [0.4, 0.5) is 16.2 Å². The Morgan fingerprint density at radius 2 is 1.72 bits per heavy atom. The van der Waals surface area contributed by atoms with Crippen molar-refractivity contribution in [3.8, 4) is 34.2 Å². The number of carboxylic acid groups (broad SMARTS) is 1. The van der Waals surface area contributed by atoms with E-state index in [1.165, 1.54) is 17.7 Å². The van der Waals surface area contributed by atoms with Crippen molar-refractivity contribution >= 4 is 40.0 Å². The van der Waals surface area contributed by atoms with Crippen molar-refractivity contribution in [2.75, 3.05) is 0 Å². The Hall–Kier alpha value is -4.82. The predicted molar refractivity (Wildman–Crippen MR) is 150 cm³/mol. The van der Waals surface area contributed by atoms with Crippen LogP contribution in [0.2, 0.25) is 5.02 Å².